The predicted molar refractivity (Wildman–Crippen MR) is 67.0 cm³/mol. The Kier molecular flexibility index (Phi) is 3.66. The van der Waals surface area contributed by atoms with Gasteiger partial charge < -0.3 is 10.0 Å². The van der Waals surface area contributed by atoms with Crippen molar-refractivity contribution >= 4 is 23.6 Å². The Hall–Kier alpha value is -0.710. The molecule has 4 nitrogen and oxygen atoms in total. The molecule has 0 aromatic rings. The molecule has 0 spiro atoms. The number of carboxylic acids is 1. The molecule has 2 aliphatic heterocycles. The highest BCUT2D eigenvalue weighted by atomic mass is 32.2. The van der Waals surface area contributed by atoms with Crippen molar-refractivity contribution in [2.24, 2.45) is 5.41 Å². The summed E-state index contributed by atoms with van der Waals surface area (Å²) in [6.45, 7) is 2.84. The number of thioether (sulfide) groups is 1. The van der Waals surface area contributed by atoms with Crippen LogP contribution >= 0.6 is 11.8 Å². The molecule has 5 heteroatoms. The number of carboxylic acid groups (broad SMARTS) is 1. The quantitative estimate of drug-likeness (QED) is 0.816. The molecule has 2 unspecified atom stereocenters. The van der Waals surface area contributed by atoms with Gasteiger partial charge in [-0.2, -0.15) is 0 Å². The van der Waals surface area contributed by atoms with E-state index in [1.165, 1.54) is 0 Å². The molecular weight excluding hydrogens is 238 g/mol. The van der Waals surface area contributed by atoms with Gasteiger partial charge in [0.05, 0.1) is 10.7 Å². The van der Waals surface area contributed by atoms with Crippen LogP contribution in [0.1, 0.15) is 32.6 Å². The maximum absolute atomic E-state index is 12.2. The van der Waals surface area contributed by atoms with E-state index in [-0.39, 0.29) is 11.2 Å². The van der Waals surface area contributed by atoms with Crippen molar-refractivity contribution in [3.05, 3.63) is 0 Å². The molecule has 2 atom stereocenters. The van der Waals surface area contributed by atoms with Gasteiger partial charge in [0.1, 0.15) is 0 Å². The predicted octanol–water partition coefficient (Wildman–Crippen LogP) is 1.60. The van der Waals surface area contributed by atoms with Crippen LogP contribution in [0.15, 0.2) is 0 Å². The Morgan fingerprint density at radius 2 is 2.18 bits per heavy atom. The SMILES string of the molecule is CC1(C(=O)O)CCCN(C(=O)C2CCCS2)C1. The van der Waals surface area contributed by atoms with Crippen molar-refractivity contribution < 1.29 is 14.7 Å². The van der Waals surface area contributed by atoms with Crippen LogP contribution in [0.5, 0.6) is 0 Å². The molecule has 0 aromatic heterocycles. The van der Waals surface area contributed by atoms with Gasteiger partial charge in [-0.05, 0) is 38.4 Å². The van der Waals surface area contributed by atoms with Crippen molar-refractivity contribution in [3.8, 4) is 0 Å². The number of nitrogens with zero attached hydrogens (tertiary/aromatic N) is 1. The number of hydrogen-bond acceptors (Lipinski definition) is 3. The first-order valence-electron chi connectivity index (χ1n) is 6.17. The van der Waals surface area contributed by atoms with Crippen LogP contribution in [0, 0.1) is 5.41 Å². The molecule has 2 saturated heterocycles. The Balaban J connectivity index is 2.01. The smallest absolute Gasteiger partial charge is 0.311 e. The van der Waals surface area contributed by atoms with E-state index in [1.54, 1.807) is 23.6 Å². The minimum atomic E-state index is -0.783. The zero-order chi connectivity index (χ0) is 12.5. The standard InChI is InChI=1S/C12H19NO3S/c1-12(11(15)16)5-3-6-13(8-12)10(14)9-4-2-7-17-9/h9H,2-8H2,1H3,(H,15,16). The van der Waals surface area contributed by atoms with Gasteiger partial charge in [-0.25, -0.2) is 0 Å². The summed E-state index contributed by atoms with van der Waals surface area (Å²) in [5.41, 5.74) is -0.753. The van der Waals surface area contributed by atoms with Crippen molar-refractivity contribution in [2.45, 2.75) is 37.9 Å². The molecule has 0 radical (unpaired) electrons. The van der Waals surface area contributed by atoms with Gasteiger partial charge in [0.25, 0.3) is 0 Å². The Morgan fingerprint density at radius 3 is 2.76 bits per heavy atom. The largest absolute Gasteiger partial charge is 0.481 e. The lowest BCUT2D eigenvalue weighted by Crippen LogP contribution is -2.50. The fourth-order valence-corrected chi connectivity index (χ4v) is 3.82. The Labute approximate surface area is 106 Å². The van der Waals surface area contributed by atoms with E-state index in [1.807, 2.05) is 0 Å². The summed E-state index contributed by atoms with van der Waals surface area (Å²) in [4.78, 5) is 25.2. The first-order valence-corrected chi connectivity index (χ1v) is 7.22. The molecule has 2 rings (SSSR count). The normalized spacial score (nSPS) is 33.7. The van der Waals surface area contributed by atoms with Crippen LogP contribution < -0.4 is 0 Å². The maximum atomic E-state index is 12.2. The lowest BCUT2D eigenvalue weighted by Gasteiger charge is -2.38. The lowest BCUT2D eigenvalue weighted by molar-refractivity contribution is -0.153. The van der Waals surface area contributed by atoms with Gasteiger partial charge >= 0.3 is 5.97 Å². The van der Waals surface area contributed by atoms with E-state index in [2.05, 4.69) is 0 Å². The number of piperidine rings is 1. The van der Waals surface area contributed by atoms with E-state index in [9.17, 15) is 14.7 Å². The molecule has 2 aliphatic rings. The van der Waals surface area contributed by atoms with Crippen molar-refractivity contribution in [3.63, 3.8) is 0 Å². The number of likely N-dealkylation sites (tertiary alicyclic amines) is 1. The summed E-state index contributed by atoms with van der Waals surface area (Å²) in [6.07, 6.45) is 3.52. The first-order chi connectivity index (χ1) is 8.03. The van der Waals surface area contributed by atoms with Gasteiger partial charge in [0, 0.05) is 13.1 Å². The van der Waals surface area contributed by atoms with E-state index < -0.39 is 11.4 Å². The van der Waals surface area contributed by atoms with Gasteiger partial charge in [-0.3, -0.25) is 9.59 Å². The van der Waals surface area contributed by atoms with Gasteiger partial charge in [0.2, 0.25) is 5.91 Å². The zero-order valence-electron chi connectivity index (χ0n) is 10.1. The van der Waals surface area contributed by atoms with E-state index in [4.69, 9.17) is 0 Å². The van der Waals surface area contributed by atoms with E-state index in [0.717, 1.165) is 31.6 Å². The van der Waals surface area contributed by atoms with Crippen LogP contribution in [0.2, 0.25) is 0 Å². The topological polar surface area (TPSA) is 57.6 Å². The summed E-state index contributed by atoms with van der Waals surface area (Å²) in [5.74, 6) is 0.425. The first kappa shape index (κ1) is 12.7. The molecule has 0 aliphatic carbocycles. The maximum Gasteiger partial charge on any atom is 0.311 e. The van der Waals surface area contributed by atoms with Crippen LogP contribution in [0.25, 0.3) is 0 Å². The summed E-state index contributed by atoms with van der Waals surface area (Å²) >= 11 is 1.71. The molecule has 17 heavy (non-hydrogen) atoms. The highest BCUT2D eigenvalue weighted by Gasteiger charge is 2.41. The Morgan fingerprint density at radius 1 is 1.41 bits per heavy atom. The molecule has 96 valence electrons. The lowest BCUT2D eigenvalue weighted by atomic mass is 9.82. The van der Waals surface area contributed by atoms with Crippen molar-refractivity contribution in [1.82, 2.24) is 4.90 Å². The van der Waals surface area contributed by atoms with Crippen LogP contribution in [-0.4, -0.2) is 46.0 Å². The number of aliphatic carboxylic acids is 1. The second-order valence-corrected chi connectivity index (χ2v) is 6.54. The van der Waals surface area contributed by atoms with Crippen molar-refractivity contribution in [1.29, 1.82) is 0 Å². The molecule has 1 amide bonds. The zero-order valence-corrected chi connectivity index (χ0v) is 11.0. The molecule has 1 N–H and O–H groups in total. The summed E-state index contributed by atoms with van der Waals surface area (Å²) < 4.78 is 0. The fraction of sp³-hybridized carbons (Fsp3) is 0.833. The van der Waals surface area contributed by atoms with Gasteiger partial charge in [-0.1, -0.05) is 0 Å². The highest BCUT2D eigenvalue weighted by Crippen LogP contribution is 2.33. The average Bonchev–Trinajstić information content (AvgIpc) is 2.81. The number of rotatable bonds is 2. The summed E-state index contributed by atoms with van der Waals surface area (Å²) in [6, 6.07) is 0. The summed E-state index contributed by atoms with van der Waals surface area (Å²) in [5, 5.41) is 9.29. The minimum Gasteiger partial charge on any atom is -0.481 e. The molecule has 0 saturated carbocycles. The monoisotopic (exact) mass is 257 g/mol. The molecule has 2 heterocycles. The number of hydrogen-bond donors (Lipinski definition) is 1. The second kappa shape index (κ2) is 4.88. The van der Waals surface area contributed by atoms with Gasteiger partial charge in [0.15, 0.2) is 0 Å². The molecule has 0 aromatic carbocycles. The number of carbonyl (C=O) groups is 2. The third-order valence-electron chi connectivity index (χ3n) is 3.73. The van der Waals surface area contributed by atoms with E-state index >= 15 is 0 Å². The van der Waals surface area contributed by atoms with Crippen LogP contribution in [-0.2, 0) is 9.59 Å². The van der Waals surface area contributed by atoms with E-state index in [0.29, 0.717) is 13.0 Å². The number of amides is 1. The average molecular weight is 257 g/mol. The third-order valence-corrected chi connectivity index (χ3v) is 5.09. The van der Waals surface area contributed by atoms with Gasteiger partial charge in [-0.15, -0.1) is 11.8 Å². The number of carbonyl (C=O) groups excluding carboxylic acids is 1. The molecule has 0 bridgehead atoms. The highest BCUT2D eigenvalue weighted by molar-refractivity contribution is 8.00. The van der Waals surface area contributed by atoms with Crippen molar-refractivity contribution in [2.75, 3.05) is 18.8 Å². The Bertz CT molecular complexity index is 328. The van der Waals surface area contributed by atoms with Crippen LogP contribution in [0.3, 0.4) is 0 Å². The third kappa shape index (κ3) is 2.59. The summed E-state index contributed by atoms with van der Waals surface area (Å²) in [7, 11) is 0. The molecule has 2 fully saturated rings. The fourth-order valence-electron chi connectivity index (χ4n) is 2.58. The second-order valence-electron chi connectivity index (χ2n) is 5.23. The van der Waals surface area contributed by atoms with Crippen LogP contribution in [0.4, 0.5) is 0 Å². The minimum absolute atomic E-state index is 0.0751. The molecular formula is C12H19NO3S.